The number of hydrogen-bond donors (Lipinski definition) is 2. The molecule has 0 aliphatic carbocycles. The van der Waals surface area contributed by atoms with Crippen LogP contribution in [0.3, 0.4) is 0 Å². The van der Waals surface area contributed by atoms with E-state index in [4.69, 9.17) is 11.6 Å². The van der Waals surface area contributed by atoms with Gasteiger partial charge in [-0.3, -0.25) is 4.79 Å². The molecule has 2 rings (SSSR count). The van der Waals surface area contributed by atoms with Gasteiger partial charge in [-0.1, -0.05) is 23.7 Å². The number of hydrazone groups is 1. The van der Waals surface area contributed by atoms with Crippen molar-refractivity contribution < 1.29 is 4.79 Å². The molecule has 0 bridgehead atoms. The molecule has 0 aliphatic heterocycles. The van der Waals surface area contributed by atoms with Gasteiger partial charge in [0, 0.05) is 10.7 Å². The maximum Gasteiger partial charge on any atom is 0.345 e. The van der Waals surface area contributed by atoms with E-state index in [1.54, 1.807) is 31.2 Å². The molecule has 7 heteroatoms. The van der Waals surface area contributed by atoms with Gasteiger partial charge in [0.2, 0.25) is 0 Å². The van der Waals surface area contributed by atoms with Gasteiger partial charge in [0.05, 0.1) is 6.21 Å². The molecule has 0 saturated heterocycles. The molecule has 0 fully saturated rings. The van der Waals surface area contributed by atoms with Gasteiger partial charge in [-0.25, -0.2) is 10.2 Å². The normalized spacial score (nSPS) is 10.7. The predicted molar refractivity (Wildman–Crippen MR) is 76.1 cm³/mol. The van der Waals surface area contributed by atoms with Gasteiger partial charge in [0.1, 0.15) is 5.69 Å². The van der Waals surface area contributed by atoms with Gasteiger partial charge in [0.15, 0.2) is 0 Å². The van der Waals surface area contributed by atoms with Crippen molar-refractivity contribution in [2.24, 2.45) is 5.10 Å². The first-order valence-electron chi connectivity index (χ1n) is 5.71. The third kappa shape index (κ3) is 3.76. The number of rotatable bonds is 3. The quantitative estimate of drug-likeness (QED) is 0.663. The second kappa shape index (κ2) is 6.12. The monoisotopic (exact) mass is 290 g/mol. The number of aromatic nitrogens is 2. The second-order valence-electron chi connectivity index (χ2n) is 4.01. The first-order chi connectivity index (χ1) is 9.54. The molecule has 1 heterocycles. The third-order valence-corrected chi connectivity index (χ3v) is 2.61. The van der Waals surface area contributed by atoms with E-state index in [0.29, 0.717) is 10.7 Å². The van der Waals surface area contributed by atoms with E-state index in [1.807, 2.05) is 0 Å². The average molecular weight is 291 g/mol. The van der Waals surface area contributed by atoms with E-state index in [0.717, 1.165) is 5.56 Å². The lowest BCUT2D eigenvalue weighted by Crippen LogP contribution is -2.24. The third-order valence-electron chi connectivity index (χ3n) is 2.36. The van der Waals surface area contributed by atoms with Crippen LogP contribution in [0.1, 0.15) is 21.7 Å². The number of aryl methyl sites for hydroxylation is 1. The van der Waals surface area contributed by atoms with Gasteiger partial charge in [0.25, 0.3) is 5.91 Å². The molecule has 1 aromatic heterocycles. The van der Waals surface area contributed by atoms with Crippen molar-refractivity contribution in [1.29, 1.82) is 0 Å². The lowest BCUT2D eigenvalue weighted by molar-refractivity contribution is 0.0949. The van der Waals surface area contributed by atoms with Gasteiger partial charge >= 0.3 is 5.69 Å². The maximum atomic E-state index is 11.7. The Bertz CT molecular complexity index is 707. The molecule has 0 atom stereocenters. The van der Waals surface area contributed by atoms with Crippen LogP contribution in [0.4, 0.5) is 0 Å². The molecular formula is C13H11ClN4O2. The van der Waals surface area contributed by atoms with Crippen LogP contribution in [0.25, 0.3) is 0 Å². The molecule has 0 saturated carbocycles. The van der Waals surface area contributed by atoms with Crippen molar-refractivity contribution in [2.45, 2.75) is 6.92 Å². The second-order valence-corrected chi connectivity index (χ2v) is 4.44. The fourth-order valence-electron chi connectivity index (χ4n) is 1.47. The van der Waals surface area contributed by atoms with Crippen LogP contribution < -0.4 is 11.1 Å². The van der Waals surface area contributed by atoms with Crippen molar-refractivity contribution >= 4 is 23.7 Å². The molecule has 2 N–H and O–H groups in total. The molecule has 20 heavy (non-hydrogen) atoms. The molecule has 6 nitrogen and oxygen atoms in total. The molecule has 2 aromatic rings. The Hall–Kier alpha value is -2.47. The van der Waals surface area contributed by atoms with Gasteiger partial charge in [-0.2, -0.15) is 10.1 Å². The number of benzene rings is 1. The average Bonchev–Trinajstić information content (AvgIpc) is 2.40. The number of halogens is 1. The van der Waals surface area contributed by atoms with Crippen molar-refractivity contribution in [2.75, 3.05) is 0 Å². The summed E-state index contributed by atoms with van der Waals surface area (Å²) >= 11 is 5.75. The summed E-state index contributed by atoms with van der Waals surface area (Å²) < 4.78 is 0. The standard InChI is InChI=1S/C13H11ClN4O2/c1-8-6-11(17-13(20)16-8)12(19)18-15-7-9-2-4-10(14)5-3-9/h2-7H,1H3,(H,18,19)(H,16,17,20)/b15-7+. The van der Waals surface area contributed by atoms with Crippen LogP contribution in [0.2, 0.25) is 5.02 Å². The van der Waals surface area contributed by atoms with Gasteiger partial charge < -0.3 is 4.98 Å². The lowest BCUT2D eigenvalue weighted by atomic mass is 10.2. The van der Waals surface area contributed by atoms with Gasteiger partial charge in [-0.05, 0) is 30.7 Å². The summed E-state index contributed by atoms with van der Waals surface area (Å²) in [6.07, 6.45) is 1.47. The predicted octanol–water partition coefficient (Wildman–Crippen LogP) is 1.50. The van der Waals surface area contributed by atoms with E-state index in [1.165, 1.54) is 12.3 Å². The SMILES string of the molecule is Cc1cc(C(=O)N/N=C/c2ccc(Cl)cc2)nc(=O)[nH]1. The minimum absolute atomic E-state index is 0.0134. The van der Waals surface area contributed by atoms with Crippen LogP contribution in [-0.4, -0.2) is 22.1 Å². The highest BCUT2D eigenvalue weighted by Crippen LogP contribution is 2.07. The molecule has 0 aliphatic rings. The minimum Gasteiger partial charge on any atom is -0.310 e. The smallest absolute Gasteiger partial charge is 0.310 e. The van der Waals surface area contributed by atoms with Crippen LogP contribution in [0.5, 0.6) is 0 Å². The number of hydrogen-bond acceptors (Lipinski definition) is 4. The number of nitrogens with zero attached hydrogens (tertiary/aromatic N) is 2. The first-order valence-corrected chi connectivity index (χ1v) is 6.09. The molecule has 0 unspecified atom stereocenters. The Kier molecular flexibility index (Phi) is 4.27. The Morgan fingerprint density at radius 1 is 1.40 bits per heavy atom. The first kappa shape index (κ1) is 14.0. The summed E-state index contributed by atoms with van der Waals surface area (Å²) in [6.45, 7) is 1.66. The highest BCUT2D eigenvalue weighted by molar-refractivity contribution is 6.30. The number of carbonyl (C=O) groups excluding carboxylic acids is 1. The van der Waals surface area contributed by atoms with Crippen molar-refractivity contribution in [1.82, 2.24) is 15.4 Å². The van der Waals surface area contributed by atoms with Crippen molar-refractivity contribution in [3.63, 3.8) is 0 Å². The van der Waals surface area contributed by atoms with Crippen LogP contribution in [0, 0.1) is 6.92 Å². The minimum atomic E-state index is -0.572. The van der Waals surface area contributed by atoms with E-state index in [-0.39, 0.29) is 5.69 Å². The van der Waals surface area contributed by atoms with Crippen molar-refractivity contribution in [3.8, 4) is 0 Å². The maximum absolute atomic E-state index is 11.7. The molecule has 0 radical (unpaired) electrons. The molecule has 1 aromatic carbocycles. The summed E-state index contributed by atoms with van der Waals surface area (Å²) in [7, 11) is 0. The highest BCUT2D eigenvalue weighted by atomic mass is 35.5. The fourth-order valence-corrected chi connectivity index (χ4v) is 1.59. The van der Waals surface area contributed by atoms with E-state index < -0.39 is 11.6 Å². The number of aromatic amines is 1. The Morgan fingerprint density at radius 3 is 2.75 bits per heavy atom. The molecule has 0 spiro atoms. The summed E-state index contributed by atoms with van der Waals surface area (Å²) in [4.78, 5) is 28.9. The van der Waals surface area contributed by atoms with Crippen LogP contribution in [0.15, 0.2) is 40.2 Å². The molecular weight excluding hydrogens is 280 g/mol. The fraction of sp³-hybridized carbons (Fsp3) is 0.0769. The zero-order valence-electron chi connectivity index (χ0n) is 10.6. The van der Waals surface area contributed by atoms with E-state index >= 15 is 0 Å². The molecule has 1 amide bonds. The summed E-state index contributed by atoms with van der Waals surface area (Å²) in [6, 6.07) is 8.41. The topological polar surface area (TPSA) is 87.2 Å². The van der Waals surface area contributed by atoms with Crippen LogP contribution in [-0.2, 0) is 0 Å². The number of nitrogens with one attached hydrogen (secondary N) is 2. The lowest BCUT2D eigenvalue weighted by Gasteiger charge is -1.99. The van der Waals surface area contributed by atoms with E-state index in [2.05, 4.69) is 20.5 Å². The zero-order valence-corrected chi connectivity index (χ0v) is 11.3. The Morgan fingerprint density at radius 2 is 2.10 bits per heavy atom. The van der Waals surface area contributed by atoms with Crippen LogP contribution >= 0.6 is 11.6 Å². The summed E-state index contributed by atoms with van der Waals surface area (Å²) in [5.41, 5.74) is 3.07. The number of amides is 1. The Balaban J connectivity index is 2.05. The summed E-state index contributed by atoms with van der Waals surface area (Å²) in [5.74, 6) is -0.551. The summed E-state index contributed by atoms with van der Waals surface area (Å²) in [5, 5.41) is 4.41. The number of H-pyrrole nitrogens is 1. The molecule has 102 valence electrons. The van der Waals surface area contributed by atoms with Gasteiger partial charge in [-0.15, -0.1) is 0 Å². The highest BCUT2D eigenvalue weighted by Gasteiger charge is 2.07. The Labute approximate surface area is 119 Å². The largest absolute Gasteiger partial charge is 0.345 e. The van der Waals surface area contributed by atoms with E-state index in [9.17, 15) is 9.59 Å². The van der Waals surface area contributed by atoms with Crippen molar-refractivity contribution in [3.05, 3.63) is 62.8 Å². The number of carbonyl (C=O) groups is 1. The zero-order chi connectivity index (χ0) is 14.5.